The molecule has 2 aliphatic rings. The summed E-state index contributed by atoms with van der Waals surface area (Å²) in [5, 5.41) is 18.5. The Bertz CT molecular complexity index is 336. The van der Waals surface area contributed by atoms with E-state index in [4.69, 9.17) is 10.8 Å². The van der Waals surface area contributed by atoms with E-state index in [0.29, 0.717) is 32.2 Å². The Labute approximate surface area is 99.4 Å². The SMILES string of the molecule is NC(=O)C(CO)N1CC2(CCC(O)CC2)C1=O. The minimum Gasteiger partial charge on any atom is -0.394 e. The summed E-state index contributed by atoms with van der Waals surface area (Å²) in [5.74, 6) is -0.784. The first-order valence-corrected chi connectivity index (χ1v) is 5.89. The van der Waals surface area contributed by atoms with Crippen molar-refractivity contribution in [2.75, 3.05) is 13.2 Å². The number of aliphatic hydroxyl groups excluding tert-OH is 2. The van der Waals surface area contributed by atoms with Crippen LogP contribution < -0.4 is 5.73 Å². The number of amides is 2. The highest BCUT2D eigenvalue weighted by Crippen LogP contribution is 2.45. The Hall–Kier alpha value is -1.14. The van der Waals surface area contributed by atoms with Gasteiger partial charge in [0.2, 0.25) is 11.8 Å². The van der Waals surface area contributed by atoms with Crippen LogP contribution in [0.15, 0.2) is 0 Å². The summed E-state index contributed by atoms with van der Waals surface area (Å²) >= 11 is 0. The van der Waals surface area contributed by atoms with Crippen LogP contribution >= 0.6 is 0 Å². The lowest BCUT2D eigenvalue weighted by Gasteiger charge is -2.53. The normalized spacial score (nSPS) is 34.6. The Morgan fingerprint density at radius 2 is 2.12 bits per heavy atom. The number of nitrogens with zero attached hydrogens (tertiary/aromatic N) is 1. The number of β-lactam (4-membered cyclic amide) rings is 1. The fraction of sp³-hybridized carbons (Fsp3) is 0.818. The van der Waals surface area contributed by atoms with Gasteiger partial charge in [0.15, 0.2) is 0 Å². The van der Waals surface area contributed by atoms with E-state index >= 15 is 0 Å². The quantitative estimate of drug-likeness (QED) is 0.529. The van der Waals surface area contributed by atoms with Gasteiger partial charge in [-0.1, -0.05) is 0 Å². The highest BCUT2D eigenvalue weighted by Gasteiger charge is 2.55. The van der Waals surface area contributed by atoms with E-state index in [9.17, 15) is 14.7 Å². The molecule has 1 aliphatic heterocycles. The van der Waals surface area contributed by atoms with Crippen molar-refractivity contribution in [1.29, 1.82) is 0 Å². The van der Waals surface area contributed by atoms with Crippen LogP contribution in [0.5, 0.6) is 0 Å². The number of nitrogens with two attached hydrogens (primary N) is 1. The van der Waals surface area contributed by atoms with E-state index in [1.807, 2.05) is 0 Å². The second kappa shape index (κ2) is 4.27. The highest BCUT2D eigenvalue weighted by atomic mass is 16.3. The van der Waals surface area contributed by atoms with Gasteiger partial charge in [-0.3, -0.25) is 9.59 Å². The highest BCUT2D eigenvalue weighted by molar-refractivity contribution is 5.94. The molecule has 2 fully saturated rings. The fourth-order valence-corrected chi connectivity index (χ4v) is 2.80. The minimum absolute atomic E-state index is 0.109. The Kier molecular flexibility index (Phi) is 3.09. The van der Waals surface area contributed by atoms with E-state index in [2.05, 4.69) is 0 Å². The third-order valence-corrected chi connectivity index (χ3v) is 3.98. The van der Waals surface area contributed by atoms with Crippen LogP contribution in [0.2, 0.25) is 0 Å². The molecular weight excluding hydrogens is 224 g/mol. The van der Waals surface area contributed by atoms with Crippen molar-refractivity contribution in [3.05, 3.63) is 0 Å². The molecule has 1 heterocycles. The zero-order valence-electron chi connectivity index (χ0n) is 9.63. The monoisotopic (exact) mass is 242 g/mol. The molecule has 1 atom stereocenters. The minimum atomic E-state index is -0.903. The molecule has 0 radical (unpaired) electrons. The van der Waals surface area contributed by atoms with Crippen LogP contribution in [-0.2, 0) is 9.59 Å². The number of primary amides is 1. The summed E-state index contributed by atoms with van der Waals surface area (Å²) in [6.45, 7) is 0.0342. The molecule has 6 heteroatoms. The maximum absolute atomic E-state index is 12.1. The molecule has 1 saturated carbocycles. The Balaban J connectivity index is 2.01. The molecule has 1 aliphatic carbocycles. The lowest BCUT2D eigenvalue weighted by molar-refractivity contribution is -0.174. The lowest BCUT2D eigenvalue weighted by Crippen LogP contribution is -2.68. The summed E-state index contributed by atoms with van der Waals surface area (Å²) in [4.78, 5) is 24.5. The third-order valence-electron chi connectivity index (χ3n) is 3.98. The van der Waals surface area contributed by atoms with Crippen molar-refractivity contribution in [3.8, 4) is 0 Å². The molecule has 96 valence electrons. The van der Waals surface area contributed by atoms with E-state index < -0.39 is 24.0 Å². The van der Waals surface area contributed by atoms with Gasteiger partial charge in [-0.15, -0.1) is 0 Å². The number of carbonyl (C=O) groups is 2. The van der Waals surface area contributed by atoms with Gasteiger partial charge in [0.05, 0.1) is 18.1 Å². The molecule has 1 spiro atoms. The summed E-state index contributed by atoms with van der Waals surface area (Å²) in [7, 11) is 0. The van der Waals surface area contributed by atoms with Gasteiger partial charge in [0.25, 0.3) is 0 Å². The van der Waals surface area contributed by atoms with Crippen molar-refractivity contribution < 1.29 is 19.8 Å². The molecule has 6 nitrogen and oxygen atoms in total. The summed E-state index contributed by atoms with van der Waals surface area (Å²) in [6.07, 6.45) is 2.24. The van der Waals surface area contributed by atoms with Crippen LogP contribution in [0, 0.1) is 5.41 Å². The third kappa shape index (κ3) is 1.91. The van der Waals surface area contributed by atoms with Gasteiger partial charge in [0, 0.05) is 6.54 Å². The maximum Gasteiger partial charge on any atom is 0.242 e. The largest absolute Gasteiger partial charge is 0.394 e. The standard InChI is InChI=1S/C11H18N2O4/c12-9(16)8(5-14)13-6-11(10(13)17)3-1-7(15)2-4-11/h7-8,14-15H,1-6H2,(H2,12,16). The summed E-state index contributed by atoms with van der Waals surface area (Å²) < 4.78 is 0. The van der Waals surface area contributed by atoms with E-state index in [0.717, 1.165) is 0 Å². The second-order valence-corrected chi connectivity index (χ2v) is 5.05. The predicted octanol–water partition coefficient (Wildman–Crippen LogP) is -1.40. The number of likely N-dealkylation sites (tertiary alicyclic amines) is 1. The van der Waals surface area contributed by atoms with Gasteiger partial charge in [-0.2, -0.15) is 0 Å². The van der Waals surface area contributed by atoms with Crippen LogP contribution in [-0.4, -0.2) is 52.2 Å². The average molecular weight is 242 g/mol. The van der Waals surface area contributed by atoms with Gasteiger partial charge >= 0.3 is 0 Å². The molecule has 17 heavy (non-hydrogen) atoms. The average Bonchev–Trinajstić information content (AvgIpc) is 2.30. The molecular formula is C11H18N2O4. The molecule has 2 rings (SSSR count). The number of carbonyl (C=O) groups excluding carboxylic acids is 2. The van der Waals surface area contributed by atoms with Crippen LogP contribution in [0.4, 0.5) is 0 Å². The van der Waals surface area contributed by atoms with E-state index in [1.165, 1.54) is 4.90 Å². The van der Waals surface area contributed by atoms with Crippen LogP contribution in [0.3, 0.4) is 0 Å². The lowest BCUT2D eigenvalue weighted by atomic mass is 9.66. The van der Waals surface area contributed by atoms with Crippen LogP contribution in [0.25, 0.3) is 0 Å². The molecule has 0 aromatic rings. The second-order valence-electron chi connectivity index (χ2n) is 5.05. The molecule has 0 aromatic heterocycles. The molecule has 1 unspecified atom stereocenters. The zero-order valence-corrected chi connectivity index (χ0v) is 9.63. The number of hydrogen-bond acceptors (Lipinski definition) is 4. The zero-order chi connectivity index (χ0) is 12.6. The summed E-state index contributed by atoms with van der Waals surface area (Å²) in [6, 6.07) is -0.903. The smallest absolute Gasteiger partial charge is 0.242 e. The van der Waals surface area contributed by atoms with E-state index in [1.54, 1.807) is 0 Å². The topological polar surface area (TPSA) is 104 Å². The van der Waals surface area contributed by atoms with Crippen molar-refractivity contribution in [3.63, 3.8) is 0 Å². The van der Waals surface area contributed by atoms with E-state index in [-0.39, 0.29) is 12.0 Å². The van der Waals surface area contributed by atoms with Crippen LogP contribution in [0.1, 0.15) is 25.7 Å². The first-order valence-electron chi connectivity index (χ1n) is 5.89. The van der Waals surface area contributed by atoms with Crippen molar-refractivity contribution in [2.45, 2.75) is 37.8 Å². The van der Waals surface area contributed by atoms with Crippen molar-refractivity contribution >= 4 is 11.8 Å². The number of hydrogen-bond donors (Lipinski definition) is 3. The number of aliphatic hydroxyl groups is 2. The Morgan fingerprint density at radius 1 is 1.53 bits per heavy atom. The number of rotatable bonds is 3. The predicted molar refractivity (Wildman–Crippen MR) is 58.7 cm³/mol. The fourth-order valence-electron chi connectivity index (χ4n) is 2.80. The first kappa shape index (κ1) is 12.3. The molecule has 0 bridgehead atoms. The molecule has 2 amide bonds. The van der Waals surface area contributed by atoms with Gasteiger partial charge in [-0.25, -0.2) is 0 Å². The first-order chi connectivity index (χ1) is 8.00. The summed E-state index contributed by atoms with van der Waals surface area (Å²) in [5.41, 5.74) is 4.71. The van der Waals surface area contributed by atoms with Crippen molar-refractivity contribution in [1.82, 2.24) is 4.90 Å². The molecule has 1 saturated heterocycles. The molecule has 4 N–H and O–H groups in total. The van der Waals surface area contributed by atoms with Gasteiger partial charge in [0.1, 0.15) is 6.04 Å². The maximum atomic E-state index is 12.1. The van der Waals surface area contributed by atoms with Gasteiger partial charge in [-0.05, 0) is 25.7 Å². The molecule has 0 aromatic carbocycles. The van der Waals surface area contributed by atoms with Crippen molar-refractivity contribution in [2.24, 2.45) is 11.1 Å². The van der Waals surface area contributed by atoms with Gasteiger partial charge < -0.3 is 20.8 Å². The Morgan fingerprint density at radius 3 is 2.53 bits per heavy atom.